The number of aliphatic hydroxyl groups excluding tert-OH is 1. The Morgan fingerprint density at radius 1 is 1.20 bits per heavy atom. The van der Waals surface area contributed by atoms with E-state index in [1.54, 1.807) is 11.3 Å². The third-order valence-electron chi connectivity index (χ3n) is 4.08. The lowest BCUT2D eigenvalue weighted by molar-refractivity contribution is 0.281. The highest BCUT2D eigenvalue weighted by atomic mass is 32.1. The Morgan fingerprint density at radius 2 is 2.04 bits per heavy atom. The molecule has 0 spiro atoms. The van der Waals surface area contributed by atoms with E-state index >= 15 is 0 Å². The van der Waals surface area contributed by atoms with E-state index in [0.717, 1.165) is 45.5 Å². The van der Waals surface area contributed by atoms with Gasteiger partial charge in [0, 0.05) is 17.9 Å². The van der Waals surface area contributed by atoms with Crippen molar-refractivity contribution in [3.8, 4) is 10.6 Å². The van der Waals surface area contributed by atoms with Crippen molar-refractivity contribution in [3.05, 3.63) is 47.8 Å². The Kier molecular flexibility index (Phi) is 4.33. The summed E-state index contributed by atoms with van der Waals surface area (Å²) < 4.78 is 0. The van der Waals surface area contributed by atoms with E-state index in [1.165, 1.54) is 0 Å². The maximum Gasteiger partial charge on any atom is 0.227 e. The predicted molar refractivity (Wildman–Crippen MR) is 100 cm³/mol. The third-order valence-corrected chi connectivity index (χ3v) is 5.12. The van der Waals surface area contributed by atoms with Gasteiger partial charge in [0.1, 0.15) is 0 Å². The van der Waals surface area contributed by atoms with Crippen molar-refractivity contribution in [2.24, 2.45) is 0 Å². The summed E-state index contributed by atoms with van der Waals surface area (Å²) in [5.41, 5.74) is 4.13. The summed E-state index contributed by atoms with van der Waals surface area (Å²) in [6.45, 7) is 2.01. The van der Waals surface area contributed by atoms with Crippen molar-refractivity contribution in [2.45, 2.75) is 25.8 Å². The normalized spacial score (nSPS) is 13.7. The molecule has 0 fully saturated rings. The van der Waals surface area contributed by atoms with E-state index in [-0.39, 0.29) is 12.6 Å². The monoisotopic (exact) mass is 353 g/mol. The molecule has 128 valence electrons. The van der Waals surface area contributed by atoms with Crippen LogP contribution in [0.1, 0.15) is 18.2 Å². The fraction of sp³-hybridized carbons (Fsp3) is 0.278. The zero-order valence-electron chi connectivity index (χ0n) is 13.9. The van der Waals surface area contributed by atoms with Crippen LogP contribution >= 0.6 is 11.3 Å². The number of benzene rings is 1. The molecule has 25 heavy (non-hydrogen) atoms. The van der Waals surface area contributed by atoms with Gasteiger partial charge in [-0.25, -0.2) is 15.0 Å². The summed E-state index contributed by atoms with van der Waals surface area (Å²) in [5, 5.41) is 16.5. The first-order valence-electron chi connectivity index (χ1n) is 8.28. The van der Waals surface area contributed by atoms with Crippen LogP contribution in [0.4, 0.5) is 16.8 Å². The molecule has 1 atom stereocenters. The number of aliphatic hydroxyl groups is 1. The molecule has 0 bridgehead atoms. The number of rotatable bonds is 5. The van der Waals surface area contributed by atoms with E-state index < -0.39 is 0 Å². The Bertz CT molecular complexity index is 880. The number of aryl methyl sites for hydroxylation is 2. The van der Waals surface area contributed by atoms with Gasteiger partial charge in [0.05, 0.1) is 22.9 Å². The fourth-order valence-electron chi connectivity index (χ4n) is 2.77. The first-order valence-corrected chi connectivity index (χ1v) is 9.10. The van der Waals surface area contributed by atoms with Gasteiger partial charge in [0.25, 0.3) is 0 Å². The zero-order chi connectivity index (χ0) is 17.2. The molecular formula is C18H19N5OS. The number of para-hydroxylation sites is 1. The van der Waals surface area contributed by atoms with Crippen molar-refractivity contribution >= 4 is 28.1 Å². The van der Waals surface area contributed by atoms with E-state index in [0.29, 0.717) is 5.95 Å². The standard InChI is InChI=1S/C18H19N5OS/c1-11(10-24)20-18-22-14-8-7-12-9-19-17(23-15(12)16(14)25-18)21-13-5-3-2-4-6-13/h2-6,9,11,24H,7-8,10H2,1H3,(H,20,22)(H,19,21,23). The van der Waals surface area contributed by atoms with Crippen molar-refractivity contribution in [3.63, 3.8) is 0 Å². The summed E-state index contributed by atoms with van der Waals surface area (Å²) in [4.78, 5) is 14.9. The number of hydrogen-bond acceptors (Lipinski definition) is 7. The second kappa shape index (κ2) is 6.78. The summed E-state index contributed by atoms with van der Waals surface area (Å²) in [5.74, 6) is 0.587. The van der Waals surface area contributed by atoms with Gasteiger partial charge in [0.2, 0.25) is 5.95 Å². The van der Waals surface area contributed by atoms with Crippen molar-refractivity contribution in [1.29, 1.82) is 0 Å². The Balaban J connectivity index is 1.65. The molecule has 0 saturated carbocycles. The lowest BCUT2D eigenvalue weighted by atomic mass is 10.00. The van der Waals surface area contributed by atoms with Crippen LogP contribution < -0.4 is 10.6 Å². The fourth-order valence-corrected chi connectivity index (χ4v) is 3.92. The van der Waals surface area contributed by atoms with Crippen LogP contribution in [0.25, 0.3) is 10.6 Å². The van der Waals surface area contributed by atoms with Gasteiger partial charge >= 0.3 is 0 Å². The average Bonchev–Trinajstić information content (AvgIpc) is 3.05. The first-order chi connectivity index (χ1) is 12.2. The van der Waals surface area contributed by atoms with E-state index in [4.69, 9.17) is 4.98 Å². The van der Waals surface area contributed by atoms with Gasteiger partial charge in [-0.1, -0.05) is 29.5 Å². The number of nitrogens with zero attached hydrogens (tertiary/aromatic N) is 3. The molecule has 6 nitrogen and oxygen atoms in total. The molecule has 1 aliphatic carbocycles. The van der Waals surface area contributed by atoms with Crippen molar-refractivity contribution in [1.82, 2.24) is 15.0 Å². The molecule has 1 unspecified atom stereocenters. The van der Waals surface area contributed by atoms with E-state index in [2.05, 4.69) is 20.6 Å². The maximum atomic E-state index is 9.22. The topological polar surface area (TPSA) is 83.0 Å². The molecule has 2 heterocycles. The van der Waals surface area contributed by atoms with Crippen LogP contribution in [-0.2, 0) is 12.8 Å². The summed E-state index contributed by atoms with van der Waals surface area (Å²) in [6, 6.07) is 9.88. The lowest BCUT2D eigenvalue weighted by Crippen LogP contribution is -2.19. The maximum absolute atomic E-state index is 9.22. The van der Waals surface area contributed by atoms with Crippen LogP contribution in [0.2, 0.25) is 0 Å². The zero-order valence-corrected chi connectivity index (χ0v) is 14.7. The van der Waals surface area contributed by atoms with Crippen molar-refractivity contribution in [2.75, 3.05) is 17.2 Å². The van der Waals surface area contributed by atoms with Gasteiger partial charge in [0.15, 0.2) is 5.13 Å². The second-order valence-corrected chi connectivity index (χ2v) is 7.08. The third kappa shape index (κ3) is 3.33. The van der Waals surface area contributed by atoms with Gasteiger partial charge < -0.3 is 15.7 Å². The van der Waals surface area contributed by atoms with Gasteiger partial charge in [-0.2, -0.15) is 0 Å². The predicted octanol–water partition coefficient (Wildman–Crippen LogP) is 3.24. The van der Waals surface area contributed by atoms with Gasteiger partial charge in [-0.05, 0) is 37.5 Å². The summed E-state index contributed by atoms with van der Waals surface area (Å²) >= 11 is 1.59. The molecule has 0 amide bonds. The minimum atomic E-state index is -0.0206. The molecule has 0 aliphatic heterocycles. The highest BCUT2D eigenvalue weighted by Crippen LogP contribution is 2.38. The number of hydrogen-bond donors (Lipinski definition) is 3. The highest BCUT2D eigenvalue weighted by molar-refractivity contribution is 7.19. The number of anilines is 3. The second-order valence-electron chi connectivity index (χ2n) is 6.08. The summed E-state index contributed by atoms with van der Waals surface area (Å²) in [7, 11) is 0. The van der Waals surface area contributed by atoms with Crippen molar-refractivity contribution < 1.29 is 5.11 Å². The Hall–Kier alpha value is -2.51. The molecule has 0 radical (unpaired) electrons. The molecule has 3 N–H and O–H groups in total. The molecule has 1 aliphatic rings. The largest absolute Gasteiger partial charge is 0.394 e. The number of nitrogens with one attached hydrogen (secondary N) is 2. The smallest absolute Gasteiger partial charge is 0.227 e. The Labute approximate surface area is 150 Å². The molecule has 4 rings (SSSR count). The van der Waals surface area contributed by atoms with Crippen LogP contribution in [0.3, 0.4) is 0 Å². The van der Waals surface area contributed by atoms with Crippen LogP contribution in [-0.4, -0.2) is 32.7 Å². The van der Waals surface area contributed by atoms with Gasteiger partial charge in [-0.15, -0.1) is 0 Å². The average molecular weight is 353 g/mol. The SMILES string of the molecule is CC(CO)Nc1nc2c(s1)-c1nc(Nc3ccccc3)ncc1CC2. The minimum Gasteiger partial charge on any atom is -0.394 e. The first kappa shape index (κ1) is 16.0. The lowest BCUT2D eigenvalue weighted by Gasteiger charge is -2.14. The molecule has 3 aromatic rings. The number of thiazole rings is 1. The Morgan fingerprint density at radius 3 is 2.84 bits per heavy atom. The molecular weight excluding hydrogens is 334 g/mol. The minimum absolute atomic E-state index is 0.0206. The van der Waals surface area contributed by atoms with Crippen LogP contribution in [0.5, 0.6) is 0 Å². The summed E-state index contributed by atoms with van der Waals surface area (Å²) in [6.07, 6.45) is 3.69. The number of fused-ring (bicyclic) bond motifs is 3. The molecule has 0 saturated heterocycles. The van der Waals surface area contributed by atoms with E-state index in [9.17, 15) is 5.11 Å². The van der Waals surface area contributed by atoms with Gasteiger partial charge in [-0.3, -0.25) is 0 Å². The van der Waals surface area contributed by atoms with Crippen LogP contribution in [0.15, 0.2) is 36.5 Å². The number of aromatic nitrogens is 3. The quantitative estimate of drug-likeness (QED) is 0.653. The molecule has 1 aromatic carbocycles. The molecule has 2 aromatic heterocycles. The highest BCUT2D eigenvalue weighted by Gasteiger charge is 2.23. The van der Waals surface area contributed by atoms with Crippen LogP contribution in [0, 0.1) is 0 Å². The van der Waals surface area contributed by atoms with E-state index in [1.807, 2.05) is 43.5 Å². The molecule has 7 heteroatoms.